The van der Waals surface area contributed by atoms with Gasteiger partial charge in [0.15, 0.2) is 0 Å². The summed E-state index contributed by atoms with van der Waals surface area (Å²) in [4.78, 5) is 16.9. The Balaban J connectivity index is 1.41. The maximum Gasteiger partial charge on any atom is 0.410 e. The van der Waals surface area contributed by atoms with Crippen molar-refractivity contribution in [3.63, 3.8) is 0 Å². The van der Waals surface area contributed by atoms with Crippen molar-refractivity contribution in [3.05, 3.63) is 42.1 Å². The number of benzene rings is 1. The van der Waals surface area contributed by atoms with Crippen LogP contribution in [-0.2, 0) is 11.3 Å². The molecule has 2 fully saturated rings. The molecular formula is C26H38N4O2. The molecule has 1 spiro atoms. The van der Waals surface area contributed by atoms with E-state index in [1.165, 1.54) is 17.5 Å². The Labute approximate surface area is 192 Å². The normalized spacial score (nSPS) is 19.1. The molecule has 4 rings (SSSR count). The van der Waals surface area contributed by atoms with Gasteiger partial charge in [0.25, 0.3) is 0 Å². The minimum atomic E-state index is -0.437. The summed E-state index contributed by atoms with van der Waals surface area (Å²) < 4.78 is 7.66. The van der Waals surface area contributed by atoms with Gasteiger partial charge < -0.3 is 9.64 Å². The van der Waals surface area contributed by atoms with Crippen LogP contribution >= 0.6 is 0 Å². The molecule has 0 unspecified atom stereocenters. The second kappa shape index (κ2) is 8.89. The van der Waals surface area contributed by atoms with Gasteiger partial charge in [0, 0.05) is 49.5 Å². The number of rotatable bonds is 4. The summed E-state index contributed by atoms with van der Waals surface area (Å²) in [5.74, 6) is 0. The second-order valence-electron chi connectivity index (χ2n) is 10.9. The van der Waals surface area contributed by atoms with Gasteiger partial charge in [-0.3, -0.25) is 9.58 Å². The van der Waals surface area contributed by atoms with Crippen molar-refractivity contribution < 1.29 is 9.53 Å². The average Bonchev–Trinajstić information content (AvgIpc) is 3.33. The summed E-state index contributed by atoms with van der Waals surface area (Å²) in [5.41, 5.74) is 3.46. The number of ether oxygens (including phenoxy) is 1. The first-order valence-corrected chi connectivity index (χ1v) is 12.0. The fraction of sp³-hybridized carbons (Fsp3) is 0.615. The van der Waals surface area contributed by atoms with Gasteiger partial charge in [-0.15, -0.1) is 0 Å². The first-order chi connectivity index (χ1) is 15.1. The number of aromatic nitrogens is 2. The molecular weight excluding hydrogens is 400 g/mol. The highest BCUT2D eigenvalue weighted by molar-refractivity contribution is 5.68. The zero-order chi connectivity index (χ0) is 22.9. The highest BCUT2D eigenvalue weighted by Crippen LogP contribution is 2.41. The van der Waals surface area contributed by atoms with Gasteiger partial charge in [0.1, 0.15) is 5.60 Å². The van der Waals surface area contributed by atoms with Gasteiger partial charge >= 0.3 is 6.09 Å². The van der Waals surface area contributed by atoms with Crippen molar-refractivity contribution in [2.45, 2.75) is 72.1 Å². The van der Waals surface area contributed by atoms with Crippen LogP contribution in [0.2, 0.25) is 0 Å². The highest BCUT2D eigenvalue weighted by atomic mass is 16.6. The molecule has 32 heavy (non-hydrogen) atoms. The van der Waals surface area contributed by atoms with Gasteiger partial charge in [-0.25, -0.2) is 4.79 Å². The Morgan fingerprint density at radius 2 is 1.75 bits per heavy atom. The van der Waals surface area contributed by atoms with E-state index in [2.05, 4.69) is 60.0 Å². The van der Waals surface area contributed by atoms with Crippen LogP contribution in [0.5, 0.6) is 0 Å². The summed E-state index contributed by atoms with van der Waals surface area (Å²) >= 11 is 0. The molecule has 0 aliphatic carbocycles. The standard InChI is InChI=1S/C26H38N4O2/c1-20(2)30-18-22(23(27-30)21-9-7-6-8-10-21)17-28-14-11-26(19-28)12-15-29(16-13-26)24(31)32-25(3,4)5/h6-10,18,20H,11-17,19H2,1-5H3. The maximum atomic E-state index is 12.4. The Bertz CT molecular complexity index is 921. The number of nitrogens with zero attached hydrogens (tertiary/aromatic N) is 4. The Hall–Kier alpha value is -2.34. The third-order valence-electron chi connectivity index (χ3n) is 6.77. The Kier molecular flexibility index (Phi) is 6.35. The lowest BCUT2D eigenvalue weighted by atomic mass is 9.78. The van der Waals surface area contributed by atoms with Gasteiger partial charge in [-0.05, 0) is 65.8 Å². The zero-order valence-electron chi connectivity index (χ0n) is 20.3. The molecule has 0 bridgehead atoms. The van der Waals surface area contributed by atoms with Crippen molar-refractivity contribution in [1.82, 2.24) is 19.6 Å². The van der Waals surface area contributed by atoms with Crippen LogP contribution in [0.1, 0.15) is 65.5 Å². The van der Waals surface area contributed by atoms with Gasteiger partial charge in [-0.2, -0.15) is 5.10 Å². The van der Waals surface area contributed by atoms with Gasteiger partial charge in [-0.1, -0.05) is 30.3 Å². The third-order valence-corrected chi connectivity index (χ3v) is 6.77. The summed E-state index contributed by atoms with van der Waals surface area (Å²) in [5, 5.41) is 4.92. The molecule has 0 radical (unpaired) electrons. The van der Waals surface area contributed by atoms with Gasteiger partial charge in [0.2, 0.25) is 0 Å². The molecule has 2 aromatic rings. The molecule has 6 heteroatoms. The third kappa shape index (κ3) is 5.17. The Morgan fingerprint density at radius 3 is 2.38 bits per heavy atom. The largest absolute Gasteiger partial charge is 0.444 e. The summed E-state index contributed by atoms with van der Waals surface area (Å²) in [7, 11) is 0. The van der Waals surface area contributed by atoms with Gasteiger partial charge in [0.05, 0.1) is 5.69 Å². The van der Waals surface area contributed by atoms with E-state index in [0.717, 1.165) is 51.3 Å². The van der Waals surface area contributed by atoms with E-state index in [0.29, 0.717) is 11.5 Å². The van der Waals surface area contributed by atoms with Crippen LogP contribution in [0.25, 0.3) is 11.3 Å². The fourth-order valence-electron chi connectivity index (χ4n) is 4.95. The van der Waals surface area contributed by atoms with E-state index in [4.69, 9.17) is 9.84 Å². The number of hydrogen-bond acceptors (Lipinski definition) is 4. The molecule has 6 nitrogen and oxygen atoms in total. The lowest BCUT2D eigenvalue weighted by Crippen LogP contribution is -2.46. The number of amides is 1. The summed E-state index contributed by atoms with van der Waals surface area (Å²) in [6.07, 6.45) is 5.37. The molecule has 3 heterocycles. The molecule has 0 N–H and O–H groups in total. The SMILES string of the molecule is CC(C)n1cc(CN2CCC3(CCN(C(=O)OC(C)(C)C)CC3)C2)c(-c2ccccc2)n1. The average molecular weight is 439 g/mol. The van der Waals surface area contributed by atoms with Crippen molar-refractivity contribution in [2.75, 3.05) is 26.2 Å². The molecule has 0 atom stereocenters. The minimum absolute atomic E-state index is 0.171. The number of hydrogen-bond donors (Lipinski definition) is 0. The van der Waals surface area contributed by atoms with E-state index in [9.17, 15) is 4.79 Å². The summed E-state index contributed by atoms with van der Waals surface area (Å²) in [6, 6.07) is 10.8. The fourth-order valence-corrected chi connectivity index (χ4v) is 4.95. The minimum Gasteiger partial charge on any atom is -0.444 e. The zero-order valence-corrected chi connectivity index (χ0v) is 20.3. The van der Waals surface area contributed by atoms with Crippen LogP contribution in [-0.4, -0.2) is 57.5 Å². The molecule has 174 valence electrons. The van der Waals surface area contributed by atoms with Crippen molar-refractivity contribution in [2.24, 2.45) is 5.41 Å². The number of carbonyl (C=O) groups excluding carboxylic acids is 1. The van der Waals surface area contributed by atoms with E-state index >= 15 is 0 Å². The number of carbonyl (C=O) groups is 1. The number of piperidine rings is 1. The second-order valence-corrected chi connectivity index (χ2v) is 10.9. The van der Waals surface area contributed by atoms with Crippen LogP contribution in [0, 0.1) is 5.41 Å². The van der Waals surface area contributed by atoms with Crippen LogP contribution < -0.4 is 0 Å². The number of likely N-dealkylation sites (tertiary alicyclic amines) is 2. The topological polar surface area (TPSA) is 50.6 Å². The molecule has 1 aromatic heterocycles. The van der Waals surface area contributed by atoms with Crippen LogP contribution in [0.3, 0.4) is 0 Å². The van der Waals surface area contributed by atoms with E-state index < -0.39 is 5.60 Å². The lowest BCUT2D eigenvalue weighted by Gasteiger charge is -2.39. The van der Waals surface area contributed by atoms with Crippen LogP contribution in [0.4, 0.5) is 4.79 Å². The monoisotopic (exact) mass is 438 g/mol. The first kappa shape index (κ1) is 22.8. The molecule has 2 aliphatic heterocycles. The first-order valence-electron chi connectivity index (χ1n) is 12.0. The molecule has 2 saturated heterocycles. The van der Waals surface area contributed by atoms with Crippen molar-refractivity contribution in [3.8, 4) is 11.3 Å². The highest BCUT2D eigenvalue weighted by Gasteiger charge is 2.42. The smallest absolute Gasteiger partial charge is 0.410 e. The lowest BCUT2D eigenvalue weighted by molar-refractivity contribution is 0.0109. The van der Waals surface area contributed by atoms with E-state index in [-0.39, 0.29) is 6.09 Å². The van der Waals surface area contributed by atoms with Crippen LogP contribution in [0.15, 0.2) is 36.5 Å². The van der Waals surface area contributed by atoms with Crippen molar-refractivity contribution in [1.29, 1.82) is 0 Å². The molecule has 2 aliphatic rings. The maximum absolute atomic E-state index is 12.4. The van der Waals surface area contributed by atoms with Crippen molar-refractivity contribution >= 4 is 6.09 Å². The Morgan fingerprint density at radius 1 is 1.09 bits per heavy atom. The molecule has 1 amide bonds. The van der Waals surface area contributed by atoms with E-state index in [1.807, 2.05) is 25.7 Å². The predicted octanol–water partition coefficient (Wildman–Crippen LogP) is 5.35. The summed E-state index contributed by atoms with van der Waals surface area (Å²) in [6.45, 7) is 14.8. The van der Waals surface area contributed by atoms with E-state index in [1.54, 1.807) is 0 Å². The quantitative estimate of drug-likeness (QED) is 0.645. The molecule has 1 aromatic carbocycles. The predicted molar refractivity (Wildman–Crippen MR) is 127 cm³/mol. The molecule has 0 saturated carbocycles.